The number of carbonyl (C=O) groups excluding carboxylic acids is 2. The van der Waals surface area contributed by atoms with Crippen LogP contribution in [0.4, 0.5) is 5.69 Å². The highest BCUT2D eigenvalue weighted by Crippen LogP contribution is 2.31. The molecule has 0 spiro atoms. The number of rotatable bonds is 10. The van der Waals surface area contributed by atoms with Gasteiger partial charge in [-0.3, -0.25) is 9.59 Å². The second-order valence-electron chi connectivity index (χ2n) is 6.46. The summed E-state index contributed by atoms with van der Waals surface area (Å²) in [6, 6.07) is 9.62. The topological polar surface area (TPSA) is 120 Å². The number of para-hydroxylation sites is 2. The first kappa shape index (κ1) is 23.2. The molecule has 0 saturated heterocycles. The van der Waals surface area contributed by atoms with Crippen LogP contribution in [0.5, 0.6) is 17.2 Å². The molecule has 0 heterocycles. The number of amides is 2. The Morgan fingerprint density at radius 1 is 1.07 bits per heavy atom. The number of ether oxygens (including phenoxy) is 1. The van der Waals surface area contributed by atoms with E-state index in [1.54, 1.807) is 24.3 Å². The lowest BCUT2D eigenvalue weighted by molar-refractivity contribution is -0.121. The first-order valence-corrected chi connectivity index (χ1v) is 10.2. The number of hydrogen-bond acceptors (Lipinski definition) is 6. The first-order valence-electron chi connectivity index (χ1n) is 9.37. The minimum Gasteiger partial charge on any atom is -0.506 e. The lowest BCUT2D eigenvalue weighted by Gasteiger charge is -2.07. The fourth-order valence-corrected chi connectivity index (χ4v) is 3.02. The lowest BCUT2D eigenvalue weighted by Crippen LogP contribution is -2.17. The summed E-state index contributed by atoms with van der Waals surface area (Å²) >= 11 is 3.31. The highest BCUT2D eigenvalue weighted by molar-refractivity contribution is 9.10. The van der Waals surface area contributed by atoms with Crippen molar-refractivity contribution in [1.82, 2.24) is 5.43 Å². The SMILES string of the molecule is COc1cc(/C=N/NC(=O)CCCCCC(=O)Nc2ccccc2O)c(Br)cc1O. The van der Waals surface area contributed by atoms with Gasteiger partial charge in [-0.2, -0.15) is 5.10 Å². The van der Waals surface area contributed by atoms with E-state index >= 15 is 0 Å². The van der Waals surface area contributed by atoms with Crippen molar-refractivity contribution in [2.45, 2.75) is 32.1 Å². The summed E-state index contributed by atoms with van der Waals surface area (Å²) < 4.78 is 5.65. The molecule has 0 aromatic heterocycles. The van der Waals surface area contributed by atoms with Gasteiger partial charge in [-0.15, -0.1) is 0 Å². The van der Waals surface area contributed by atoms with Crippen LogP contribution in [0.25, 0.3) is 0 Å². The lowest BCUT2D eigenvalue weighted by atomic mass is 10.1. The molecule has 0 saturated carbocycles. The quantitative estimate of drug-likeness (QED) is 0.179. The third-order valence-electron chi connectivity index (χ3n) is 4.18. The summed E-state index contributed by atoms with van der Waals surface area (Å²) in [6.07, 6.45) is 4.03. The molecule has 8 nitrogen and oxygen atoms in total. The van der Waals surface area contributed by atoms with Crippen molar-refractivity contribution < 1.29 is 24.5 Å². The molecule has 2 rings (SSSR count). The van der Waals surface area contributed by atoms with Crippen LogP contribution in [0.15, 0.2) is 46.0 Å². The van der Waals surface area contributed by atoms with Crippen LogP contribution in [0.2, 0.25) is 0 Å². The van der Waals surface area contributed by atoms with Crippen LogP contribution in [0.3, 0.4) is 0 Å². The molecule has 30 heavy (non-hydrogen) atoms. The zero-order valence-corrected chi connectivity index (χ0v) is 18.1. The monoisotopic (exact) mass is 477 g/mol. The summed E-state index contributed by atoms with van der Waals surface area (Å²) in [5, 5.41) is 25.9. The summed E-state index contributed by atoms with van der Waals surface area (Å²) in [7, 11) is 1.45. The molecule has 4 N–H and O–H groups in total. The molecule has 0 fully saturated rings. The Morgan fingerprint density at radius 3 is 2.47 bits per heavy atom. The van der Waals surface area contributed by atoms with Crippen molar-refractivity contribution in [3.05, 3.63) is 46.4 Å². The highest BCUT2D eigenvalue weighted by Gasteiger charge is 2.08. The van der Waals surface area contributed by atoms with Gasteiger partial charge >= 0.3 is 0 Å². The van der Waals surface area contributed by atoms with E-state index in [-0.39, 0.29) is 23.3 Å². The van der Waals surface area contributed by atoms with Crippen LogP contribution in [-0.2, 0) is 9.59 Å². The smallest absolute Gasteiger partial charge is 0.240 e. The van der Waals surface area contributed by atoms with Crippen LogP contribution in [0.1, 0.15) is 37.7 Å². The van der Waals surface area contributed by atoms with E-state index in [9.17, 15) is 19.8 Å². The van der Waals surface area contributed by atoms with E-state index in [2.05, 4.69) is 31.8 Å². The van der Waals surface area contributed by atoms with E-state index in [1.165, 1.54) is 25.5 Å². The third-order valence-corrected chi connectivity index (χ3v) is 4.86. The molecule has 0 radical (unpaired) electrons. The Bertz CT molecular complexity index is 918. The normalized spacial score (nSPS) is 10.7. The Kier molecular flexibility index (Phi) is 9.14. The molecule has 160 valence electrons. The molecular formula is C21H24BrN3O5. The Balaban J connectivity index is 1.65. The number of nitrogens with one attached hydrogen (secondary N) is 2. The van der Waals surface area contributed by atoms with Crippen molar-refractivity contribution in [2.24, 2.45) is 5.10 Å². The van der Waals surface area contributed by atoms with Gasteiger partial charge in [0.25, 0.3) is 0 Å². The van der Waals surface area contributed by atoms with Crippen LogP contribution < -0.4 is 15.5 Å². The predicted octanol–water partition coefficient (Wildman–Crippen LogP) is 3.91. The van der Waals surface area contributed by atoms with Crippen molar-refractivity contribution in [3.8, 4) is 17.2 Å². The van der Waals surface area contributed by atoms with Gasteiger partial charge in [-0.1, -0.05) is 18.6 Å². The number of anilines is 1. The molecular weight excluding hydrogens is 454 g/mol. The molecule has 2 amide bonds. The second kappa shape index (κ2) is 11.8. The zero-order chi connectivity index (χ0) is 21.9. The van der Waals surface area contributed by atoms with Crippen molar-refractivity contribution in [1.29, 1.82) is 0 Å². The number of nitrogens with zero attached hydrogens (tertiary/aromatic N) is 1. The maximum Gasteiger partial charge on any atom is 0.240 e. The van der Waals surface area contributed by atoms with E-state index in [1.807, 2.05) is 0 Å². The number of carbonyl (C=O) groups is 2. The third kappa shape index (κ3) is 7.40. The molecule has 0 atom stereocenters. The summed E-state index contributed by atoms with van der Waals surface area (Å²) in [5.74, 6) is -0.0783. The van der Waals surface area contributed by atoms with Gasteiger partial charge in [-0.25, -0.2) is 5.43 Å². The Hall–Kier alpha value is -3.07. The van der Waals surface area contributed by atoms with Gasteiger partial charge in [0.05, 0.1) is 19.0 Å². The van der Waals surface area contributed by atoms with Crippen molar-refractivity contribution in [3.63, 3.8) is 0 Å². The average Bonchev–Trinajstić information content (AvgIpc) is 2.71. The number of halogens is 1. The number of benzene rings is 2. The number of unbranched alkanes of at least 4 members (excludes halogenated alkanes) is 2. The van der Waals surface area contributed by atoms with Gasteiger partial charge in [0, 0.05) is 22.9 Å². The number of methoxy groups -OCH3 is 1. The number of phenols is 2. The van der Waals surface area contributed by atoms with Gasteiger partial charge in [-0.05, 0) is 53.0 Å². The van der Waals surface area contributed by atoms with Crippen LogP contribution >= 0.6 is 15.9 Å². The van der Waals surface area contributed by atoms with E-state index in [0.29, 0.717) is 53.6 Å². The average molecular weight is 478 g/mol. The van der Waals surface area contributed by atoms with Gasteiger partial charge in [0.2, 0.25) is 11.8 Å². The maximum atomic E-state index is 11.9. The number of hydrazone groups is 1. The van der Waals surface area contributed by atoms with Gasteiger partial charge in [0.15, 0.2) is 11.5 Å². The fourth-order valence-electron chi connectivity index (χ4n) is 2.59. The molecule has 2 aromatic rings. The fraction of sp³-hybridized carbons (Fsp3) is 0.286. The van der Waals surface area contributed by atoms with Crippen LogP contribution in [-0.4, -0.2) is 35.4 Å². The predicted molar refractivity (Wildman–Crippen MR) is 118 cm³/mol. The van der Waals surface area contributed by atoms with E-state index in [4.69, 9.17) is 4.74 Å². The molecule has 0 aliphatic carbocycles. The largest absolute Gasteiger partial charge is 0.506 e. The van der Waals surface area contributed by atoms with Crippen molar-refractivity contribution in [2.75, 3.05) is 12.4 Å². The van der Waals surface area contributed by atoms with E-state index in [0.717, 1.165) is 0 Å². The molecule has 0 unspecified atom stereocenters. The summed E-state index contributed by atoms with van der Waals surface area (Å²) in [6.45, 7) is 0. The molecule has 0 aliphatic heterocycles. The molecule has 0 aliphatic rings. The number of phenolic OH excluding ortho intramolecular Hbond substituents is 2. The summed E-state index contributed by atoms with van der Waals surface area (Å²) in [5.41, 5.74) is 3.47. The number of hydrogen-bond donors (Lipinski definition) is 4. The maximum absolute atomic E-state index is 11.9. The van der Waals surface area contributed by atoms with Crippen molar-refractivity contribution >= 4 is 39.6 Å². The van der Waals surface area contributed by atoms with E-state index < -0.39 is 0 Å². The summed E-state index contributed by atoms with van der Waals surface area (Å²) in [4.78, 5) is 23.7. The Morgan fingerprint density at radius 2 is 1.77 bits per heavy atom. The number of aromatic hydroxyl groups is 2. The molecule has 0 bridgehead atoms. The highest BCUT2D eigenvalue weighted by atomic mass is 79.9. The molecule has 9 heteroatoms. The van der Waals surface area contributed by atoms with Gasteiger partial charge in [0.1, 0.15) is 5.75 Å². The molecule has 2 aromatic carbocycles. The van der Waals surface area contributed by atoms with Crippen LogP contribution in [0, 0.1) is 0 Å². The minimum atomic E-state index is -0.230. The minimum absolute atomic E-state index is 0.000174. The zero-order valence-electron chi connectivity index (χ0n) is 16.5. The Labute approximate surface area is 183 Å². The first-order chi connectivity index (χ1) is 14.4. The standard InChI is InChI=1S/C21H24BrN3O5/c1-30-19-11-14(15(22)12-18(19)27)13-23-25-21(29)10-4-2-3-9-20(28)24-16-7-5-6-8-17(16)26/h5-8,11-13,26-27H,2-4,9-10H2,1H3,(H,24,28)(H,25,29)/b23-13+. The second-order valence-corrected chi connectivity index (χ2v) is 7.32. The van der Waals surface area contributed by atoms with Gasteiger partial charge < -0.3 is 20.3 Å².